The van der Waals surface area contributed by atoms with E-state index in [4.69, 9.17) is 18.9 Å². The van der Waals surface area contributed by atoms with Crippen LogP contribution >= 0.6 is 0 Å². The molecule has 4 amide bonds. The van der Waals surface area contributed by atoms with Crippen LogP contribution in [-0.4, -0.2) is 332 Å². The molecule has 3 atom stereocenters. The van der Waals surface area contributed by atoms with E-state index >= 15 is 0 Å². The average molecular weight is 1510 g/mol. The molecular formula is C85H175N13O8. The van der Waals surface area contributed by atoms with Crippen molar-refractivity contribution in [3.8, 4) is 0 Å². The molecule has 628 valence electrons. The van der Waals surface area contributed by atoms with Crippen molar-refractivity contribution in [1.82, 2.24) is 63.7 Å². The van der Waals surface area contributed by atoms with Crippen LogP contribution in [0, 0.1) is 11.8 Å². The highest BCUT2D eigenvalue weighted by Crippen LogP contribution is 2.29. The van der Waals surface area contributed by atoms with Gasteiger partial charge in [-0.2, -0.15) is 0 Å². The van der Waals surface area contributed by atoms with E-state index in [1.165, 1.54) is 78.3 Å². The van der Waals surface area contributed by atoms with E-state index in [0.29, 0.717) is 46.7 Å². The highest BCUT2D eigenvalue weighted by atomic mass is 16.6. The lowest BCUT2D eigenvalue weighted by molar-refractivity contribution is -0.0285. The van der Waals surface area contributed by atoms with Crippen LogP contribution in [0.5, 0.6) is 0 Å². The second-order valence-corrected chi connectivity index (χ2v) is 41.4. The minimum Gasteiger partial charge on any atom is -0.444 e. The summed E-state index contributed by atoms with van der Waals surface area (Å²) in [5.74, 6) is 1.33. The van der Waals surface area contributed by atoms with E-state index in [-0.39, 0.29) is 47.5 Å². The zero-order chi connectivity index (χ0) is 82.4. The van der Waals surface area contributed by atoms with Crippen molar-refractivity contribution in [3.63, 3.8) is 0 Å². The molecule has 21 heteroatoms. The van der Waals surface area contributed by atoms with Gasteiger partial charge in [-0.05, 0) is 281 Å². The molecule has 0 aliphatic carbocycles. The lowest BCUT2D eigenvalue weighted by atomic mass is 9.95. The van der Waals surface area contributed by atoms with Crippen molar-refractivity contribution >= 4 is 24.4 Å². The third-order valence-electron chi connectivity index (χ3n) is 20.8. The van der Waals surface area contributed by atoms with Crippen molar-refractivity contribution in [2.75, 3.05) is 158 Å². The Hall–Kier alpha value is -3.28. The first-order valence-electron chi connectivity index (χ1n) is 41.5. The van der Waals surface area contributed by atoms with Gasteiger partial charge in [-0.3, -0.25) is 39.2 Å². The van der Waals surface area contributed by atoms with Crippen LogP contribution in [0.25, 0.3) is 0 Å². The Morgan fingerprint density at radius 2 is 0.679 bits per heavy atom. The van der Waals surface area contributed by atoms with E-state index < -0.39 is 22.4 Å². The number of likely N-dealkylation sites (tertiary alicyclic amines) is 1. The predicted molar refractivity (Wildman–Crippen MR) is 447 cm³/mol. The number of nitrogens with zero attached hydrogens (tertiary/aromatic N) is 13. The second kappa shape index (κ2) is 43.1. The maximum absolute atomic E-state index is 12.4. The zero-order valence-electron chi connectivity index (χ0n) is 76.9. The summed E-state index contributed by atoms with van der Waals surface area (Å²) < 4.78 is 21.8. The Labute approximate surface area is 654 Å². The molecule has 7 aliphatic heterocycles. The van der Waals surface area contributed by atoms with E-state index in [1.807, 2.05) is 97.8 Å². The minimum absolute atomic E-state index is 0.146. The van der Waals surface area contributed by atoms with Crippen LogP contribution in [0.2, 0.25) is 0 Å². The molecule has 0 aromatic carbocycles. The summed E-state index contributed by atoms with van der Waals surface area (Å²) >= 11 is 0. The molecule has 7 fully saturated rings. The molecule has 7 saturated heterocycles. The van der Waals surface area contributed by atoms with Crippen LogP contribution in [0.4, 0.5) is 19.2 Å². The van der Waals surface area contributed by atoms with E-state index in [1.54, 1.807) is 4.90 Å². The van der Waals surface area contributed by atoms with Crippen LogP contribution in [-0.2, 0) is 18.9 Å². The Morgan fingerprint density at radius 1 is 0.349 bits per heavy atom. The van der Waals surface area contributed by atoms with Gasteiger partial charge >= 0.3 is 24.4 Å². The smallest absolute Gasteiger partial charge is 0.410 e. The van der Waals surface area contributed by atoms with Crippen molar-refractivity contribution in [2.24, 2.45) is 11.8 Å². The van der Waals surface area contributed by atoms with Gasteiger partial charge in [-0.15, -0.1) is 0 Å². The SMILES string of the molecule is CC(C)C1CN(C(C)(C)C)CCN1C(=O)OC(C)(C)C.CC(C)N1CCN(C(=O)OC(C)(C)C)C(C)(C)C1.CC(C)N1CCN(C(=O)OC(C)(C)C)C(C)C1.CC(C)N1CCN(C(=O)OC(C)(C)C)CC1.CC(C)N1CCN(C(C)(C)C)CC1.CC1CCCN(C(C)(C)C)C1.CN1CCN(C(C)(C)C)CC1. The fraction of sp³-hybridized carbons (Fsp3) is 0.953. The predicted octanol–water partition coefficient (Wildman–Crippen LogP) is 15.7. The summed E-state index contributed by atoms with van der Waals surface area (Å²) in [7, 11) is 2.19. The number of hydrogen-bond donors (Lipinski definition) is 0. The molecule has 0 N–H and O–H groups in total. The van der Waals surface area contributed by atoms with Gasteiger partial charge in [-0.25, -0.2) is 19.2 Å². The number of amides is 4. The maximum Gasteiger partial charge on any atom is 0.410 e. The lowest BCUT2D eigenvalue weighted by Crippen LogP contribution is -2.62. The first kappa shape index (κ1) is 101. The summed E-state index contributed by atoms with van der Waals surface area (Å²) in [6, 6.07) is 2.77. The molecule has 0 saturated carbocycles. The summed E-state index contributed by atoms with van der Waals surface area (Å²) in [4.78, 5) is 78.0. The zero-order valence-corrected chi connectivity index (χ0v) is 76.9. The minimum atomic E-state index is -0.431. The molecule has 0 bridgehead atoms. The number of piperidine rings is 1. The molecule has 7 rings (SSSR count). The lowest BCUT2D eigenvalue weighted by Gasteiger charge is -2.48. The van der Waals surface area contributed by atoms with Gasteiger partial charge in [0.25, 0.3) is 0 Å². The van der Waals surface area contributed by atoms with Crippen molar-refractivity contribution in [2.45, 2.75) is 362 Å². The summed E-state index contributed by atoms with van der Waals surface area (Å²) in [5.41, 5.74) is -0.600. The van der Waals surface area contributed by atoms with Gasteiger partial charge in [0.1, 0.15) is 22.4 Å². The quantitative estimate of drug-likeness (QED) is 0.240. The average Bonchev–Trinajstić information content (AvgIpc) is 0.803. The number of piperazine rings is 6. The number of ether oxygens (including phenoxy) is 4. The van der Waals surface area contributed by atoms with Crippen molar-refractivity contribution in [3.05, 3.63) is 0 Å². The molecule has 3 unspecified atom stereocenters. The first-order valence-corrected chi connectivity index (χ1v) is 41.5. The van der Waals surface area contributed by atoms with Crippen LogP contribution in [0.15, 0.2) is 0 Å². The molecule has 21 nitrogen and oxygen atoms in total. The van der Waals surface area contributed by atoms with Gasteiger partial charge in [0.2, 0.25) is 0 Å². The monoisotopic (exact) mass is 1510 g/mol. The number of rotatable bonds is 5. The molecule has 0 aromatic heterocycles. The van der Waals surface area contributed by atoms with E-state index in [2.05, 4.69) is 231 Å². The first-order chi connectivity index (χ1) is 47.8. The molecule has 0 aromatic rings. The molecule has 7 heterocycles. The number of likely N-dealkylation sites (N-methyl/N-ethyl adjacent to an activating group) is 1. The summed E-state index contributed by atoms with van der Waals surface area (Å²) in [6.45, 7) is 105. The molecule has 0 radical (unpaired) electrons. The second-order valence-electron chi connectivity index (χ2n) is 41.4. The fourth-order valence-corrected chi connectivity index (χ4v) is 13.8. The third-order valence-corrected chi connectivity index (χ3v) is 20.8. The van der Waals surface area contributed by atoms with Gasteiger partial charge in [-0.1, -0.05) is 20.8 Å². The maximum atomic E-state index is 12.4. The molecule has 7 aliphatic rings. The van der Waals surface area contributed by atoms with Gasteiger partial charge in [0, 0.05) is 196 Å². The Kier molecular flexibility index (Phi) is 41.0. The highest BCUT2D eigenvalue weighted by Gasteiger charge is 2.41. The Balaban J connectivity index is 0.000000624. The molecule has 106 heavy (non-hydrogen) atoms. The number of hydrogen-bond acceptors (Lipinski definition) is 17. The third kappa shape index (κ3) is 39.8. The van der Waals surface area contributed by atoms with E-state index in [9.17, 15) is 19.2 Å². The Morgan fingerprint density at radius 3 is 1.03 bits per heavy atom. The normalized spacial score (nSPS) is 22.6. The van der Waals surface area contributed by atoms with Crippen LogP contribution in [0.1, 0.15) is 276 Å². The van der Waals surface area contributed by atoms with Gasteiger partial charge in [0.15, 0.2) is 0 Å². The van der Waals surface area contributed by atoms with Gasteiger partial charge < -0.3 is 43.4 Å². The van der Waals surface area contributed by atoms with Crippen LogP contribution < -0.4 is 0 Å². The van der Waals surface area contributed by atoms with Gasteiger partial charge in [0.05, 0.1) is 11.6 Å². The molecule has 0 spiro atoms. The highest BCUT2D eigenvalue weighted by molar-refractivity contribution is 5.70. The summed E-state index contributed by atoms with van der Waals surface area (Å²) in [6.07, 6.45) is 2.07. The number of carbonyl (C=O) groups excluding carboxylic acids is 4. The standard InChI is InChI=1S/C16H32N2O2.C14H28N2O2.C13H26N2O2.C12H24N2O2.C11H24N2.C10H21N.C9H20N2/c1-12(2)13-11-17(15(3,4)5)9-10-18(13)14(19)20-16(6,7)8;1-11(2)15-8-9-16(14(6,7)10-15)12(17)18-13(3,4)5;1-10(2)14-7-8-15(11(3)9-14)12(16)17-13(4,5)6;1-10(2)13-6-8-14(9-7-13)11(15)16-12(3,4)5;1-10(2)12-6-8-13(9-7-12)11(3,4)5;1-9-6-5-7-11(8-9)10(2,3)4;1-9(2,3)11-7-5-10(4)6-8-11/h12-13H,9-11H2,1-8H3;11H,8-10H2,1-7H3;10-11H,7-9H2,1-6H3;10H,6-9H2,1-5H3;10H,6-9H2,1-5H3;9H,5-8H2,1-4H3;5-8H2,1-4H3. The Bertz CT molecular complexity index is 2490. The fourth-order valence-electron chi connectivity index (χ4n) is 13.8. The van der Waals surface area contributed by atoms with Crippen LogP contribution in [0.3, 0.4) is 0 Å². The van der Waals surface area contributed by atoms with E-state index in [0.717, 1.165) is 91.0 Å². The topological polar surface area (TPSA) is 147 Å². The summed E-state index contributed by atoms with van der Waals surface area (Å²) in [5, 5.41) is 0. The molecular weight excluding hydrogens is 1330 g/mol. The van der Waals surface area contributed by atoms with Crippen molar-refractivity contribution < 1.29 is 38.1 Å². The number of carbonyl (C=O) groups is 4. The van der Waals surface area contributed by atoms with Crippen molar-refractivity contribution in [1.29, 1.82) is 0 Å². The largest absolute Gasteiger partial charge is 0.444 e.